The van der Waals surface area contributed by atoms with Crippen molar-refractivity contribution >= 4 is 18.8 Å². The van der Waals surface area contributed by atoms with Crippen molar-refractivity contribution in [3.8, 4) is 0 Å². The summed E-state index contributed by atoms with van der Waals surface area (Å²) < 4.78 is 15.6. The Bertz CT molecular complexity index is 23.1. The third-order valence-electron chi connectivity index (χ3n) is 0. The first-order valence-corrected chi connectivity index (χ1v) is 7.64. The van der Waals surface area contributed by atoms with Gasteiger partial charge in [0.25, 0.3) is 0 Å². The van der Waals surface area contributed by atoms with E-state index in [9.17, 15) is 0 Å². The van der Waals surface area contributed by atoms with Crippen molar-refractivity contribution in [3.05, 3.63) is 0 Å². The van der Waals surface area contributed by atoms with Crippen LogP contribution in [0, 0.1) is 0 Å². The zero-order valence-corrected chi connectivity index (χ0v) is 5.58. The summed E-state index contributed by atoms with van der Waals surface area (Å²) in [6.07, 6.45) is 0. The quantitative estimate of drug-likeness (QED) is 0.551. The van der Waals surface area contributed by atoms with Crippen LogP contribution in [-0.4, -0.2) is 7.52 Å². The van der Waals surface area contributed by atoms with Crippen molar-refractivity contribution in [3.63, 3.8) is 0 Å². The maximum absolute atomic E-state index is 7.80. The van der Waals surface area contributed by atoms with Crippen LogP contribution in [0.3, 0.4) is 0 Å². The van der Waals surface area contributed by atoms with Gasteiger partial charge in [0.1, 0.15) is 0 Å². The standard InChI is InChI=1S/2ClH.Mo.2H2O/h2*1H;;2*1H2/q;;+4;;/p-4. The SMILES string of the molecule is [OH][Mo]([OH])([Cl])[Cl]. The van der Waals surface area contributed by atoms with Gasteiger partial charge in [-0.15, -0.1) is 0 Å². The van der Waals surface area contributed by atoms with Crippen LogP contribution in [0.2, 0.25) is 0 Å². The van der Waals surface area contributed by atoms with Crippen LogP contribution in [0.1, 0.15) is 0 Å². The first-order valence-electron chi connectivity index (χ1n) is 0.674. The molecule has 0 aromatic carbocycles. The Kier molecular flexibility index (Phi) is 2.18. The monoisotopic (exact) mass is 202 g/mol. The molecule has 0 aliphatic rings. The molecule has 34 valence electrons. The summed E-state index contributed by atoms with van der Waals surface area (Å²) in [5.41, 5.74) is 0. The fraction of sp³-hybridized carbons (Fsp3) is 0. The fourth-order valence-corrected chi connectivity index (χ4v) is 0. The second kappa shape index (κ2) is 1.76. The molecule has 0 saturated carbocycles. The van der Waals surface area contributed by atoms with E-state index < -0.39 is 14.7 Å². The summed E-state index contributed by atoms with van der Waals surface area (Å²) in [5, 5.41) is 0. The van der Waals surface area contributed by atoms with Crippen molar-refractivity contribution < 1.29 is 22.3 Å². The van der Waals surface area contributed by atoms with Gasteiger partial charge in [-0.2, -0.15) is 0 Å². The summed E-state index contributed by atoms with van der Waals surface area (Å²) >= 11 is -4.08. The molecule has 0 atom stereocenters. The van der Waals surface area contributed by atoms with Gasteiger partial charge in [-0.25, -0.2) is 0 Å². The van der Waals surface area contributed by atoms with Crippen molar-refractivity contribution in [1.82, 2.24) is 0 Å². The summed E-state index contributed by atoms with van der Waals surface area (Å²) in [4.78, 5) is 0. The average molecular weight is 201 g/mol. The second-order valence-corrected chi connectivity index (χ2v) is 8.49. The van der Waals surface area contributed by atoms with Crippen LogP contribution in [-0.2, 0) is 14.7 Å². The molecule has 0 bridgehead atoms. The molecule has 5 heavy (non-hydrogen) atoms. The van der Waals surface area contributed by atoms with Gasteiger partial charge in [-0.1, -0.05) is 0 Å². The Hall–Kier alpha value is 1.19. The first-order chi connectivity index (χ1) is 2.00. The van der Waals surface area contributed by atoms with E-state index in [0.717, 1.165) is 0 Å². The van der Waals surface area contributed by atoms with E-state index in [0.29, 0.717) is 0 Å². The van der Waals surface area contributed by atoms with Crippen LogP contribution >= 0.6 is 18.8 Å². The molecule has 5 heteroatoms. The Morgan fingerprint density at radius 2 is 1.20 bits per heavy atom. The summed E-state index contributed by atoms with van der Waals surface area (Å²) in [6.45, 7) is 0. The van der Waals surface area contributed by atoms with Crippen LogP contribution in [0.25, 0.3) is 0 Å². The molecule has 0 rings (SSSR count). The topological polar surface area (TPSA) is 40.5 Å². The van der Waals surface area contributed by atoms with E-state index in [2.05, 4.69) is 18.8 Å². The molecule has 0 spiro atoms. The van der Waals surface area contributed by atoms with E-state index >= 15 is 0 Å². The zero-order chi connectivity index (χ0) is 4.50. The van der Waals surface area contributed by atoms with E-state index in [4.69, 9.17) is 7.52 Å². The van der Waals surface area contributed by atoms with E-state index in [1.165, 1.54) is 0 Å². The molecule has 0 aliphatic carbocycles. The Labute approximate surface area is 41.3 Å². The predicted octanol–water partition coefficient (Wildman–Crippen LogP) is 0.263. The molecule has 0 fully saturated rings. The molecule has 0 aliphatic heterocycles. The van der Waals surface area contributed by atoms with Crippen molar-refractivity contribution in [2.45, 2.75) is 0 Å². The predicted molar refractivity (Wildman–Crippen MR) is 16.1 cm³/mol. The minimum absolute atomic E-state index is 4.08. The Balaban J connectivity index is 3.02. The molecule has 2 nitrogen and oxygen atoms in total. The molecule has 0 radical (unpaired) electrons. The minimum atomic E-state index is -4.08. The van der Waals surface area contributed by atoms with Crippen molar-refractivity contribution in [2.75, 3.05) is 0 Å². The molecular weight excluding hydrogens is 199 g/mol. The van der Waals surface area contributed by atoms with Gasteiger partial charge in [-0.3, -0.25) is 0 Å². The molecule has 2 N–H and O–H groups in total. The molecule has 0 aromatic heterocycles. The van der Waals surface area contributed by atoms with Crippen LogP contribution in [0.4, 0.5) is 0 Å². The molecule has 0 saturated heterocycles. The third-order valence-corrected chi connectivity index (χ3v) is 0. The molecular formula is H2Cl2MoO2. The van der Waals surface area contributed by atoms with E-state index in [-0.39, 0.29) is 0 Å². The second-order valence-electron chi connectivity index (χ2n) is 0.416. The summed E-state index contributed by atoms with van der Waals surface area (Å²) in [7, 11) is 9.19. The fourth-order valence-electron chi connectivity index (χ4n) is 0. The molecule has 0 heterocycles. The van der Waals surface area contributed by atoms with Gasteiger partial charge in [0.15, 0.2) is 0 Å². The zero-order valence-electron chi connectivity index (χ0n) is 2.06. The van der Waals surface area contributed by atoms with E-state index in [1.807, 2.05) is 0 Å². The summed E-state index contributed by atoms with van der Waals surface area (Å²) in [5.74, 6) is 0. The van der Waals surface area contributed by atoms with Crippen molar-refractivity contribution in [2.24, 2.45) is 0 Å². The number of hydrogen-bond donors (Lipinski definition) is 2. The third kappa shape index (κ3) is 37.3. The van der Waals surface area contributed by atoms with Gasteiger partial charge in [0, 0.05) is 0 Å². The van der Waals surface area contributed by atoms with E-state index in [1.54, 1.807) is 0 Å². The van der Waals surface area contributed by atoms with Crippen LogP contribution in [0.5, 0.6) is 0 Å². The van der Waals surface area contributed by atoms with Gasteiger partial charge in [0.2, 0.25) is 0 Å². The first kappa shape index (κ1) is 6.19. The number of halogens is 2. The Morgan fingerprint density at radius 3 is 1.20 bits per heavy atom. The number of hydrogen-bond acceptors (Lipinski definition) is 2. The number of rotatable bonds is 0. The van der Waals surface area contributed by atoms with Crippen LogP contribution in [0.15, 0.2) is 0 Å². The van der Waals surface area contributed by atoms with Gasteiger partial charge in [0.05, 0.1) is 0 Å². The van der Waals surface area contributed by atoms with Gasteiger partial charge in [-0.05, 0) is 0 Å². The van der Waals surface area contributed by atoms with Gasteiger partial charge >= 0.3 is 41.1 Å². The molecule has 0 amide bonds. The normalized spacial score (nSPS) is 15.2. The summed E-state index contributed by atoms with van der Waals surface area (Å²) in [6, 6.07) is 0. The molecule has 0 unspecified atom stereocenters. The Morgan fingerprint density at radius 1 is 1.20 bits per heavy atom. The average Bonchev–Trinajstić information content (AvgIpc) is 0.722. The maximum atomic E-state index is 7.80. The van der Waals surface area contributed by atoms with Crippen LogP contribution < -0.4 is 0 Å². The van der Waals surface area contributed by atoms with Gasteiger partial charge < -0.3 is 0 Å². The molecule has 0 aromatic rings. The van der Waals surface area contributed by atoms with Crippen molar-refractivity contribution in [1.29, 1.82) is 0 Å².